The van der Waals surface area contributed by atoms with E-state index in [0.29, 0.717) is 17.4 Å². The van der Waals surface area contributed by atoms with Crippen molar-refractivity contribution in [2.24, 2.45) is 5.84 Å². The normalized spacial score (nSPS) is 17.5. The van der Waals surface area contributed by atoms with Crippen LogP contribution in [0.4, 0.5) is 11.6 Å². The largest absolute Gasteiger partial charge is 0.490 e. The van der Waals surface area contributed by atoms with Crippen molar-refractivity contribution in [3.8, 4) is 5.75 Å². The van der Waals surface area contributed by atoms with Crippen LogP contribution in [-0.2, 0) is 0 Å². The van der Waals surface area contributed by atoms with Crippen LogP contribution >= 0.6 is 0 Å². The Morgan fingerprint density at radius 3 is 2.61 bits per heavy atom. The van der Waals surface area contributed by atoms with Gasteiger partial charge in [0.1, 0.15) is 6.33 Å². The van der Waals surface area contributed by atoms with Crippen molar-refractivity contribution in [3.05, 3.63) is 6.33 Å². The highest BCUT2D eigenvalue weighted by Gasteiger charge is 2.34. The molecule has 2 rings (SSSR count). The van der Waals surface area contributed by atoms with Gasteiger partial charge < -0.3 is 20.6 Å². The van der Waals surface area contributed by atoms with Crippen molar-refractivity contribution < 1.29 is 9.84 Å². The van der Waals surface area contributed by atoms with Crippen LogP contribution in [-0.4, -0.2) is 34.3 Å². The number of aliphatic hydroxyl groups excluding tert-OH is 1. The second kappa shape index (κ2) is 5.36. The quantitative estimate of drug-likeness (QED) is 0.447. The third kappa shape index (κ3) is 2.32. The van der Waals surface area contributed by atoms with Crippen molar-refractivity contribution in [2.45, 2.75) is 31.2 Å². The van der Waals surface area contributed by atoms with Crippen LogP contribution in [0.2, 0.25) is 0 Å². The Bertz CT molecular complexity index is 406. The minimum atomic E-state index is -0.312. The number of aliphatic hydroxyl groups is 1. The summed E-state index contributed by atoms with van der Waals surface area (Å²) in [5, 5.41) is 12.9. The molecule has 0 atom stereocenters. The predicted molar refractivity (Wildman–Crippen MR) is 68.3 cm³/mol. The number of anilines is 2. The van der Waals surface area contributed by atoms with Gasteiger partial charge in [0.15, 0.2) is 11.6 Å². The number of nitrogens with one attached hydrogen (secondary N) is 2. The third-order valence-corrected chi connectivity index (χ3v) is 3.39. The lowest BCUT2D eigenvalue weighted by atomic mass is 9.99. The maximum Gasteiger partial charge on any atom is 0.205 e. The number of rotatable bonds is 5. The lowest BCUT2D eigenvalue weighted by Gasteiger charge is -2.29. The standard InChI is InChI=1S/C11H19N5O2/c1-18-8-9(13-7-14-10(8)16-12)15-11(6-17)4-2-3-5-11/h7,17H,2-6,12H2,1H3,(H2,13,14,15,16). The number of nitrogens with two attached hydrogens (primary N) is 1. The van der Waals surface area contributed by atoms with E-state index >= 15 is 0 Å². The van der Waals surface area contributed by atoms with Gasteiger partial charge in [-0.1, -0.05) is 12.8 Å². The van der Waals surface area contributed by atoms with E-state index in [-0.39, 0.29) is 12.1 Å². The van der Waals surface area contributed by atoms with E-state index in [9.17, 15) is 5.11 Å². The Labute approximate surface area is 106 Å². The second-order valence-electron chi connectivity index (χ2n) is 4.52. The van der Waals surface area contributed by atoms with Gasteiger partial charge in [0, 0.05) is 0 Å². The molecule has 100 valence electrons. The first-order valence-corrected chi connectivity index (χ1v) is 5.99. The summed E-state index contributed by atoms with van der Waals surface area (Å²) in [5.41, 5.74) is 2.15. The summed E-state index contributed by atoms with van der Waals surface area (Å²) >= 11 is 0. The molecule has 7 nitrogen and oxygen atoms in total. The SMILES string of the molecule is COc1c(NN)ncnc1NC1(CO)CCCC1. The molecule has 7 heteroatoms. The number of nitrogen functional groups attached to an aromatic ring is 1. The Morgan fingerprint density at radius 1 is 1.39 bits per heavy atom. The van der Waals surface area contributed by atoms with Crippen molar-refractivity contribution in [1.82, 2.24) is 9.97 Å². The molecule has 1 fully saturated rings. The van der Waals surface area contributed by atoms with Crippen LogP contribution in [0, 0.1) is 0 Å². The molecule has 0 aliphatic heterocycles. The molecule has 1 aliphatic rings. The van der Waals surface area contributed by atoms with E-state index < -0.39 is 0 Å². The smallest absolute Gasteiger partial charge is 0.205 e. The average Bonchev–Trinajstić information content (AvgIpc) is 2.87. The Hall–Kier alpha value is -1.60. The molecular weight excluding hydrogens is 234 g/mol. The zero-order chi connectivity index (χ0) is 13.0. The zero-order valence-electron chi connectivity index (χ0n) is 10.4. The fraction of sp³-hybridized carbons (Fsp3) is 0.636. The molecule has 0 radical (unpaired) electrons. The van der Waals surface area contributed by atoms with E-state index in [0.717, 1.165) is 25.7 Å². The lowest BCUT2D eigenvalue weighted by molar-refractivity contribution is 0.213. The summed E-state index contributed by atoms with van der Waals surface area (Å²) in [6, 6.07) is 0. The van der Waals surface area contributed by atoms with Gasteiger partial charge >= 0.3 is 0 Å². The van der Waals surface area contributed by atoms with Gasteiger partial charge in [-0.15, -0.1) is 0 Å². The van der Waals surface area contributed by atoms with Gasteiger partial charge in [0.05, 0.1) is 19.3 Å². The molecule has 0 unspecified atom stereocenters. The van der Waals surface area contributed by atoms with Crippen LogP contribution in [0.25, 0.3) is 0 Å². The summed E-state index contributed by atoms with van der Waals surface area (Å²) < 4.78 is 5.26. The van der Waals surface area contributed by atoms with Crippen molar-refractivity contribution in [3.63, 3.8) is 0 Å². The molecule has 0 spiro atoms. The van der Waals surface area contributed by atoms with Crippen LogP contribution in [0.3, 0.4) is 0 Å². The number of hydrogen-bond acceptors (Lipinski definition) is 7. The van der Waals surface area contributed by atoms with Gasteiger partial charge in [0.2, 0.25) is 5.75 Å². The Morgan fingerprint density at radius 2 is 2.06 bits per heavy atom. The lowest BCUT2D eigenvalue weighted by Crippen LogP contribution is -2.39. The summed E-state index contributed by atoms with van der Waals surface area (Å²) in [6.07, 6.45) is 5.44. The average molecular weight is 253 g/mol. The molecule has 1 heterocycles. The zero-order valence-corrected chi connectivity index (χ0v) is 10.4. The Kier molecular flexibility index (Phi) is 3.83. The second-order valence-corrected chi connectivity index (χ2v) is 4.52. The minimum Gasteiger partial charge on any atom is -0.490 e. The Balaban J connectivity index is 2.27. The molecule has 0 saturated heterocycles. The van der Waals surface area contributed by atoms with Crippen LogP contribution in [0.15, 0.2) is 6.33 Å². The summed E-state index contributed by atoms with van der Waals surface area (Å²) in [5.74, 6) is 6.80. The van der Waals surface area contributed by atoms with Crippen LogP contribution in [0.1, 0.15) is 25.7 Å². The molecule has 1 saturated carbocycles. The van der Waals surface area contributed by atoms with E-state index in [1.165, 1.54) is 13.4 Å². The number of hydrazine groups is 1. The fourth-order valence-electron chi connectivity index (χ4n) is 2.38. The first-order chi connectivity index (χ1) is 8.74. The van der Waals surface area contributed by atoms with E-state index in [2.05, 4.69) is 20.7 Å². The molecule has 18 heavy (non-hydrogen) atoms. The van der Waals surface area contributed by atoms with Gasteiger partial charge in [-0.3, -0.25) is 0 Å². The fourth-order valence-corrected chi connectivity index (χ4v) is 2.38. The van der Waals surface area contributed by atoms with Crippen LogP contribution in [0.5, 0.6) is 5.75 Å². The topological polar surface area (TPSA) is 105 Å². The van der Waals surface area contributed by atoms with E-state index in [1.54, 1.807) is 0 Å². The molecule has 1 aromatic rings. The summed E-state index contributed by atoms with van der Waals surface area (Å²) in [6.45, 7) is 0.0749. The molecule has 1 aliphatic carbocycles. The maximum absolute atomic E-state index is 9.58. The number of aromatic nitrogens is 2. The highest BCUT2D eigenvalue weighted by Crippen LogP contribution is 2.36. The predicted octanol–water partition coefficient (Wildman–Crippen LogP) is 0.488. The molecule has 0 amide bonds. The van der Waals surface area contributed by atoms with Gasteiger partial charge in [0.25, 0.3) is 0 Å². The minimum absolute atomic E-state index is 0.0749. The monoisotopic (exact) mass is 253 g/mol. The molecule has 5 N–H and O–H groups in total. The summed E-state index contributed by atoms with van der Waals surface area (Å²) in [7, 11) is 1.53. The van der Waals surface area contributed by atoms with E-state index in [4.69, 9.17) is 10.6 Å². The van der Waals surface area contributed by atoms with Crippen molar-refractivity contribution in [2.75, 3.05) is 24.5 Å². The third-order valence-electron chi connectivity index (χ3n) is 3.39. The molecule has 0 aromatic carbocycles. The number of nitrogens with zero attached hydrogens (tertiary/aromatic N) is 2. The van der Waals surface area contributed by atoms with Crippen molar-refractivity contribution in [1.29, 1.82) is 0 Å². The van der Waals surface area contributed by atoms with Gasteiger partial charge in [-0.05, 0) is 12.8 Å². The van der Waals surface area contributed by atoms with E-state index in [1.807, 2.05) is 0 Å². The number of hydrogen-bond donors (Lipinski definition) is 4. The van der Waals surface area contributed by atoms with Crippen LogP contribution < -0.4 is 21.3 Å². The number of ether oxygens (including phenoxy) is 1. The molecular formula is C11H19N5O2. The molecule has 0 bridgehead atoms. The highest BCUT2D eigenvalue weighted by molar-refractivity contribution is 5.63. The highest BCUT2D eigenvalue weighted by atomic mass is 16.5. The van der Waals surface area contributed by atoms with Crippen molar-refractivity contribution >= 4 is 11.6 Å². The first-order valence-electron chi connectivity index (χ1n) is 5.99. The first kappa shape index (κ1) is 12.8. The molecule has 1 aromatic heterocycles. The number of methoxy groups -OCH3 is 1. The van der Waals surface area contributed by atoms with Gasteiger partial charge in [-0.2, -0.15) is 0 Å². The van der Waals surface area contributed by atoms with Gasteiger partial charge in [-0.25, -0.2) is 15.8 Å². The summed E-state index contributed by atoms with van der Waals surface area (Å²) in [4.78, 5) is 8.14. The maximum atomic E-state index is 9.58.